The summed E-state index contributed by atoms with van der Waals surface area (Å²) >= 11 is 0. The van der Waals surface area contributed by atoms with Gasteiger partial charge in [-0.3, -0.25) is 9.48 Å². The number of fused-ring (bicyclic) bond motifs is 1. The molecule has 1 aromatic carbocycles. The normalized spacial score (nSPS) is 15.8. The summed E-state index contributed by atoms with van der Waals surface area (Å²) in [7, 11) is 1.78. The molecule has 1 aliphatic heterocycles. The molecule has 0 aliphatic carbocycles. The molecule has 0 unspecified atom stereocenters. The Bertz CT molecular complexity index is 778. The highest BCUT2D eigenvalue weighted by Crippen LogP contribution is 2.26. The first kappa shape index (κ1) is 16.3. The Labute approximate surface area is 140 Å². The van der Waals surface area contributed by atoms with Crippen molar-refractivity contribution in [3.8, 4) is 5.75 Å². The van der Waals surface area contributed by atoms with Crippen LogP contribution >= 0.6 is 0 Å². The minimum absolute atomic E-state index is 0.111. The van der Waals surface area contributed by atoms with Gasteiger partial charge in [0.2, 0.25) is 5.91 Å². The van der Waals surface area contributed by atoms with Crippen molar-refractivity contribution in [1.29, 1.82) is 0 Å². The molecule has 2 aromatic rings. The van der Waals surface area contributed by atoms with Crippen LogP contribution in [0.3, 0.4) is 0 Å². The van der Waals surface area contributed by atoms with Crippen LogP contribution < -0.4 is 10.1 Å². The van der Waals surface area contributed by atoms with Gasteiger partial charge in [0.25, 0.3) is 0 Å². The Morgan fingerprint density at radius 1 is 1.54 bits per heavy atom. The van der Waals surface area contributed by atoms with E-state index in [0.29, 0.717) is 12.2 Å². The molecule has 24 heavy (non-hydrogen) atoms. The monoisotopic (exact) mass is 327 g/mol. The van der Waals surface area contributed by atoms with E-state index in [1.165, 1.54) is 6.08 Å². The number of hydrogen-bond donors (Lipinski definition) is 2. The molecular formula is C18H21N3O3. The fourth-order valence-electron chi connectivity index (χ4n) is 2.60. The zero-order valence-electron chi connectivity index (χ0n) is 13.8. The van der Waals surface area contributed by atoms with E-state index in [1.807, 2.05) is 18.2 Å². The standard InChI is InChI=1S/C18H21N3O3/c1-18(23,15-10-20-21(2)11-15)12-19-17(22)6-4-13-3-5-16-14(9-13)7-8-24-16/h3-6,9-11,23H,7-8,12H2,1-2H3,(H,19,22)/b6-4+/t18-/m0/s1. The van der Waals surface area contributed by atoms with E-state index in [4.69, 9.17) is 4.74 Å². The lowest BCUT2D eigenvalue weighted by Crippen LogP contribution is -2.37. The molecule has 0 radical (unpaired) electrons. The predicted octanol–water partition coefficient (Wildman–Crippen LogP) is 1.39. The summed E-state index contributed by atoms with van der Waals surface area (Å²) in [6.07, 6.45) is 7.45. The molecule has 126 valence electrons. The number of aromatic nitrogens is 2. The summed E-state index contributed by atoms with van der Waals surface area (Å²) in [5.41, 5.74) is 1.61. The molecule has 2 heterocycles. The lowest BCUT2D eigenvalue weighted by atomic mass is 10.00. The molecule has 6 heteroatoms. The maximum Gasteiger partial charge on any atom is 0.244 e. The lowest BCUT2D eigenvalue weighted by Gasteiger charge is -2.21. The SMILES string of the molecule is Cn1cc([C@@](C)(O)CNC(=O)/C=C/c2ccc3c(c2)CCO3)cn1. The van der Waals surface area contributed by atoms with E-state index >= 15 is 0 Å². The van der Waals surface area contributed by atoms with E-state index in [0.717, 1.165) is 23.3 Å². The number of ether oxygens (including phenoxy) is 1. The minimum atomic E-state index is -1.16. The first-order valence-corrected chi connectivity index (χ1v) is 7.87. The topological polar surface area (TPSA) is 76.4 Å². The Hall–Kier alpha value is -2.60. The fraction of sp³-hybridized carbons (Fsp3) is 0.333. The molecule has 1 aliphatic rings. The number of hydrogen-bond acceptors (Lipinski definition) is 4. The van der Waals surface area contributed by atoms with Gasteiger partial charge in [0, 0.05) is 31.3 Å². The van der Waals surface area contributed by atoms with Gasteiger partial charge in [-0.05, 0) is 36.3 Å². The predicted molar refractivity (Wildman–Crippen MR) is 90.5 cm³/mol. The van der Waals surface area contributed by atoms with Crippen LogP contribution in [-0.2, 0) is 23.9 Å². The molecule has 6 nitrogen and oxygen atoms in total. The number of benzene rings is 1. The fourth-order valence-corrected chi connectivity index (χ4v) is 2.60. The molecule has 0 fully saturated rings. The van der Waals surface area contributed by atoms with Crippen molar-refractivity contribution in [2.24, 2.45) is 7.05 Å². The van der Waals surface area contributed by atoms with Gasteiger partial charge in [-0.1, -0.05) is 6.07 Å². The van der Waals surface area contributed by atoms with Crippen molar-refractivity contribution in [1.82, 2.24) is 15.1 Å². The smallest absolute Gasteiger partial charge is 0.244 e. The second-order valence-corrected chi connectivity index (χ2v) is 6.19. The molecule has 1 aromatic heterocycles. The third-order valence-electron chi connectivity index (χ3n) is 4.07. The van der Waals surface area contributed by atoms with Crippen LogP contribution in [0.15, 0.2) is 36.7 Å². The van der Waals surface area contributed by atoms with Crippen LogP contribution in [0.1, 0.15) is 23.6 Å². The minimum Gasteiger partial charge on any atom is -0.493 e. The Balaban J connectivity index is 1.57. The highest BCUT2D eigenvalue weighted by Gasteiger charge is 2.25. The van der Waals surface area contributed by atoms with Crippen LogP contribution in [0, 0.1) is 0 Å². The average molecular weight is 327 g/mol. The quantitative estimate of drug-likeness (QED) is 0.814. The van der Waals surface area contributed by atoms with Gasteiger partial charge in [-0.25, -0.2) is 0 Å². The molecule has 0 spiro atoms. The Kier molecular flexibility index (Phi) is 4.40. The Morgan fingerprint density at radius 2 is 2.38 bits per heavy atom. The first-order valence-electron chi connectivity index (χ1n) is 7.87. The summed E-state index contributed by atoms with van der Waals surface area (Å²) < 4.78 is 7.08. The number of rotatable bonds is 5. The van der Waals surface area contributed by atoms with E-state index < -0.39 is 5.60 Å². The number of carbonyl (C=O) groups is 1. The van der Waals surface area contributed by atoms with Crippen LogP contribution in [-0.4, -0.2) is 33.9 Å². The maximum absolute atomic E-state index is 12.0. The van der Waals surface area contributed by atoms with Crippen molar-refractivity contribution in [2.75, 3.05) is 13.2 Å². The molecule has 2 N–H and O–H groups in total. The van der Waals surface area contributed by atoms with E-state index in [1.54, 1.807) is 37.1 Å². The number of aliphatic hydroxyl groups is 1. The molecular weight excluding hydrogens is 306 g/mol. The molecule has 0 saturated carbocycles. The largest absolute Gasteiger partial charge is 0.493 e. The number of carbonyl (C=O) groups excluding carboxylic acids is 1. The number of nitrogens with zero attached hydrogens (tertiary/aromatic N) is 2. The van der Waals surface area contributed by atoms with Crippen LogP contribution in [0.4, 0.5) is 0 Å². The molecule has 1 atom stereocenters. The van der Waals surface area contributed by atoms with Crippen molar-refractivity contribution in [2.45, 2.75) is 18.9 Å². The summed E-state index contributed by atoms with van der Waals surface area (Å²) in [5, 5.41) is 17.2. The van der Waals surface area contributed by atoms with Gasteiger partial charge < -0.3 is 15.2 Å². The highest BCUT2D eigenvalue weighted by molar-refractivity contribution is 5.91. The van der Waals surface area contributed by atoms with Crippen molar-refractivity contribution in [3.05, 3.63) is 53.4 Å². The number of nitrogens with one attached hydrogen (secondary N) is 1. The van der Waals surface area contributed by atoms with Crippen molar-refractivity contribution in [3.63, 3.8) is 0 Å². The van der Waals surface area contributed by atoms with Crippen LogP contribution in [0.2, 0.25) is 0 Å². The van der Waals surface area contributed by atoms with Crippen molar-refractivity contribution < 1.29 is 14.6 Å². The first-order chi connectivity index (χ1) is 11.4. The van der Waals surface area contributed by atoms with E-state index in [-0.39, 0.29) is 12.5 Å². The van der Waals surface area contributed by atoms with E-state index in [9.17, 15) is 9.90 Å². The van der Waals surface area contributed by atoms with Gasteiger partial charge in [-0.2, -0.15) is 5.10 Å². The summed E-state index contributed by atoms with van der Waals surface area (Å²) in [6, 6.07) is 5.87. The second-order valence-electron chi connectivity index (χ2n) is 6.19. The van der Waals surface area contributed by atoms with Crippen LogP contribution in [0.25, 0.3) is 6.08 Å². The summed E-state index contributed by atoms with van der Waals surface area (Å²) in [5.74, 6) is 0.667. The van der Waals surface area contributed by atoms with Crippen LogP contribution in [0.5, 0.6) is 5.75 Å². The lowest BCUT2D eigenvalue weighted by molar-refractivity contribution is -0.117. The third-order valence-corrected chi connectivity index (χ3v) is 4.07. The molecule has 1 amide bonds. The number of amides is 1. The molecule has 3 rings (SSSR count). The zero-order chi connectivity index (χ0) is 17.2. The highest BCUT2D eigenvalue weighted by atomic mass is 16.5. The van der Waals surface area contributed by atoms with Gasteiger partial charge in [0.05, 0.1) is 19.3 Å². The van der Waals surface area contributed by atoms with Gasteiger partial charge >= 0.3 is 0 Å². The third kappa shape index (κ3) is 3.65. The second kappa shape index (κ2) is 6.49. The van der Waals surface area contributed by atoms with Crippen molar-refractivity contribution >= 4 is 12.0 Å². The summed E-state index contributed by atoms with van der Waals surface area (Å²) in [6.45, 7) is 2.47. The average Bonchev–Trinajstić information content (AvgIpc) is 3.19. The van der Waals surface area contributed by atoms with Gasteiger partial charge in [0.15, 0.2) is 0 Å². The van der Waals surface area contributed by atoms with Gasteiger partial charge in [-0.15, -0.1) is 0 Å². The summed E-state index contributed by atoms with van der Waals surface area (Å²) in [4.78, 5) is 12.0. The zero-order valence-corrected chi connectivity index (χ0v) is 13.8. The molecule has 0 saturated heterocycles. The van der Waals surface area contributed by atoms with Gasteiger partial charge in [0.1, 0.15) is 11.4 Å². The maximum atomic E-state index is 12.0. The Morgan fingerprint density at radius 3 is 3.12 bits per heavy atom. The van der Waals surface area contributed by atoms with E-state index in [2.05, 4.69) is 10.4 Å². The number of aryl methyl sites for hydroxylation is 1. The molecule has 0 bridgehead atoms.